The molecular formula is C20H28N2O2S. The minimum Gasteiger partial charge on any atom is -0.490 e. The number of thiophene rings is 1. The molecule has 1 N–H and O–H groups in total. The highest BCUT2D eigenvalue weighted by Crippen LogP contribution is 2.37. The number of hydrogen-bond acceptors (Lipinski definition) is 5. The first-order valence-electron chi connectivity index (χ1n) is 9.21. The Kier molecular flexibility index (Phi) is 6.73. The van der Waals surface area contributed by atoms with Gasteiger partial charge in [0.2, 0.25) is 0 Å². The zero-order valence-electron chi connectivity index (χ0n) is 15.2. The summed E-state index contributed by atoms with van der Waals surface area (Å²) in [7, 11) is 0. The SMILES string of the molecule is CCOc1ccc(C(c2cccs2)N2CCCNCC2)cc1OCC. The van der Waals surface area contributed by atoms with Gasteiger partial charge in [0, 0.05) is 24.5 Å². The van der Waals surface area contributed by atoms with Crippen molar-refractivity contribution in [3.05, 3.63) is 46.2 Å². The third kappa shape index (κ3) is 4.54. The van der Waals surface area contributed by atoms with E-state index in [-0.39, 0.29) is 6.04 Å². The summed E-state index contributed by atoms with van der Waals surface area (Å²) in [6, 6.07) is 11.1. The Bertz CT molecular complexity index is 637. The summed E-state index contributed by atoms with van der Waals surface area (Å²) < 4.78 is 11.6. The fraction of sp³-hybridized carbons (Fsp3) is 0.500. The molecule has 1 unspecified atom stereocenters. The summed E-state index contributed by atoms with van der Waals surface area (Å²) in [5.74, 6) is 1.67. The molecule has 3 rings (SSSR count). The van der Waals surface area contributed by atoms with Crippen LogP contribution in [0.3, 0.4) is 0 Å². The molecule has 0 aliphatic carbocycles. The molecule has 0 amide bonds. The smallest absolute Gasteiger partial charge is 0.161 e. The predicted molar refractivity (Wildman–Crippen MR) is 104 cm³/mol. The number of nitrogens with one attached hydrogen (secondary N) is 1. The lowest BCUT2D eigenvalue weighted by Crippen LogP contribution is -2.32. The summed E-state index contributed by atoms with van der Waals surface area (Å²) in [4.78, 5) is 3.96. The molecule has 0 spiro atoms. The zero-order chi connectivity index (χ0) is 17.5. The van der Waals surface area contributed by atoms with Crippen molar-refractivity contribution < 1.29 is 9.47 Å². The Hall–Kier alpha value is -1.56. The monoisotopic (exact) mass is 360 g/mol. The second-order valence-electron chi connectivity index (χ2n) is 6.13. The van der Waals surface area contributed by atoms with E-state index in [0.29, 0.717) is 13.2 Å². The van der Waals surface area contributed by atoms with E-state index in [1.807, 2.05) is 25.2 Å². The number of ether oxygens (including phenoxy) is 2. The zero-order valence-corrected chi connectivity index (χ0v) is 16.0. The van der Waals surface area contributed by atoms with Gasteiger partial charge in [-0.25, -0.2) is 0 Å². The fourth-order valence-corrected chi connectivity index (χ4v) is 4.25. The third-order valence-electron chi connectivity index (χ3n) is 4.44. The Morgan fingerprint density at radius 3 is 2.68 bits per heavy atom. The van der Waals surface area contributed by atoms with E-state index in [9.17, 15) is 0 Å². The molecule has 4 nitrogen and oxygen atoms in total. The Labute approximate surface area is 154 Å². The second kappa shape index (κ2) is 9.22. The molecule has 0 bridgehead atoms. The van der Waals surface area contributed by atoms with Gasteiger partial charge in [0.15, 0.2) is 11.5 Å². The molecule has 136 valence electrons. The molecule has 5 heteroatoms. The van der Waals surface area contributed by atoms with Crippen LogP contribution in [0.5, 0.6) is 11.5 Å². The minimum atomic E-state index is 0.273. The molecule has 1 aliphatic heterocycles. The summed E-state index contributed by atoms with van der Waals surface area (Å²) in [6.07, 6.45) is 1.18. The standard InChI is InChI=1S/C20H28N2O2S/c1-3-23-17-9-8-16(15-18(17)24-4-2)20(19-7-5-14-25-19)22-12-6-10-21-11-13-22/h5,7-9,14-15,20-21H,3-4,6,10-13H2,1-2H3. The summed E-state index contributed by atoms with van der Waals surface area (Å²) in [6.45, 7) is 9.60. The largest absolute Gasteiger partial charge is 0.490 e. The maximum atomic E-state index is 5.86. The van der Waals surface area contributed by atoms with Crippen molar-refractivity contribution in [1.29, 1.82) is 0 Å². The average molecular weight is 361 g/mol. The van der Waals surface area contributed by atoms with Crippen LogP contribution in [0.25, 0.3) is 0 Å². The van der Waals surface area contributed by atoms with Crippen molar-refractivity contribution in [3.8, 4) is 11.5 Å². The van der Waals surface area contributed by atoms with Gasteiger partial charge in [0.1, 0.15) is 0 Å². The van der Waals surface area contributed by atoms with E-state index in [4.69, 9.17) is 9.47 Å². The molecule has 0 radical (unpaired) electrons. The van der Waals surface area contributed by atoms with Crippen molar-refractivity contribution in [1.82, 2.24) is 10.2 Å². The van der Waals surface area contributed by atoms with Crippen molar-refractivity contribution in [3.63, 3.8) is 0 Å². The van der Waals surface area contributed by atoms with E-state index in [1.165, 1.54) is 16.9 Å². The summed E-state index contributed by atoms with van der Waals surface area (Å²) in [5, 5.41) is 5.67. The van der Waals surface area contributed by atoms with Crippen LogP contribution in [0, 0.1) is 0 Å². The molecule has 2 aromatic rings. The van der Waals surface area contributed by atoms with Crippen LogP contribution in [0.1, 0.15) is 36.8 Å². The highest BCUT2D eigenvalue weighted by atomic mass is 32.1. The lowest BCUT2D eigenvalue weighted by molar-refractivity contribution is 0.242. The lowest BCUT2D eigenvalue weighted by Gasteiger charge is -2.30. The van der Waals surface area contributed by atoms with Crippen LogP contribution in [0.4, 0.5) is 0 Å². The summed E-state index contributed by atoms with van der Waals surface area (Å²) in [5.41, 5.74) is 1.27. The highest BCUT2D eigenvalue weighted by molar-refractivity contribution is 7.10. The Morgan fingerprint density at radius 2 is 1.92 bits per heavy atom. The van der Waals surface area contributed by atoms with Gasteiger partial charge < -0.3 is 14.8 Å². The predicted octanol–water partition coefficient (Wildman–Crippen LogP) is 3.93. The molecule has 2 heterocycles. The van der Waals surface area contributed by atoms with Gasteiger partial charge in [-0.1, -0.05) is 12.1 Å². The average Bonchev–Trinajstić information content (AvgIpc) is 3.01. The number of hydrogen-bond donors (Lipinski definition) is 1. The molecule has 1 aromatic carbocycles. The molecule has 0 saturated carbocycles. The topological polar surface area (TPSA) is 33.7 Å². The maximum Gasteiger partial charge on any atom is 0.161 e. The molecule has 1 aliphatic rings. The maximum absolute atomic E-state index is 5.86. The molecule has 25 heavy (non-hydrogen) atoms. The Morgan fingerprint density at radius 1 is 1.08 bits per heavy atom. The van der Waals surface area contributed by atoms with Crippen molar-refractivity contribution >= 4 is 11.3 Å². The Balaban J connectivity index is 1.96. The normalized spacial score (nSPS) is 17.0. The van der Waals surface area contributed by atoms with Gasteiger partial charge in [0.05, 0.1) is 19.3 Å². The first-order chi connectivity index (χ1) is 12.3. The first-order valence-corrected chi connectivity index (χ1v) is 10.1. The van der Waals surface area contributed by atoms with Crippen molar-refractivity contribution in [2.24, 2.45) is 0 Å². The number of benzene rings is 1. The lowest BCUT2D eigenvalue weighted by atomic mass is 10.0. The summed E-state index contributed by atoms with van der Waals surface area (Å²) >= 11 is 1.83. The van der Waals surface area contributed by atoms with Gasteiger partial charge in [-0.3, -0.25) is 4.90 Å². The minimum absolute atomic E-state index is 0.273. The van der Waals surface area contributed by atoms with E-state index in [0.717, 1.165) is 37.7 Å². The third-order valence-corrected chi connectivity index (χ3v) is 5.36. The van der Waals surface area contributed by atoms with E-state index >= 15 is 0 Å². The van der Waals surface area contributed by atoms with Crippen LogP contribution in [0.15, 0.2) is 35.7 Å². The van der Waals surface area contributed by atoms with Gasteiger partial charge >= 0.3 is 0 Å². The molecule has 1 aromatic heterocycles. The van der Waals surface area contributed by atoms with Crippen LogP contribution in [-0.2, 0) is 0 Å². The van der Waals surface area contributed by atoms with Crippen molar-refractivity contribution in [2.75, 3.05) is 39.4 Å². The molecule has 1 fully saturated rings. The molecule has 1 atom stereocenters. The van der Waals surface area contributed by atoms with Gasteiger partial charge in [-0.05, 0) is 56.0 Å². The van der Waals surface area contributed by atoms with Crippen LogP contribution in [0.2, 0.25) is 0 Å². The van der Waals surface area contributed by atoms with Crippen LogP contribution >= 0.6 is 11.3 Å². The van der Waals surface area contributed by atoms with Gasteiger partial charge in [-0.15, -0.1) is 11.3 Å². The highest BCUT2D eigenvalue weighted by Gasteiger charge is 2.25. The molecule has 1 saturated heterocycles. The van der Waals surface area contributed by atoms with E-state index < -0.39 is 0 Å². The number of nitrogens with zero attached hydrogens (tertiary/aromatic N) is 1. The van der Waals surface area contributed by atoms with Crippen molar-refractivity contribution in [2.45, 2.75) is 26.3 Å². The quantitative estimate of drug-likeness (QED) is 0.811. The second-order valence-corrected chi connectivity index (χ2v) is 7.11. The van der Waals surface area contributed by atoms with Crippen LogP contribution < -0.4 is 14.8 Å². The fourth-order valence-electron chi connectivity index (χ4n) is 3.36. The first kappa shape index (κ1) is 18.2. The molecular weight excluding hydrogens is 332 g/mol. The van der Waals surface area contributed by atoms with E-state index in [1.54, 1.807) is 0 Å². The van der Waals surface area contributed by atoms with E-state index in [2.05, 4.69) is 45.9 Å². The van der Waals surface area contributed by atoms with Gasteiger partial charge in [0.25, 0.3) is 0 Å². The van der Waals surface area contributed by atoms with Gasteiger partial charge in [-0.2, -0.15) is 0 Å². The van der Waals surface area contributed by atoms with Crippen LogP contribution in [-0.4, -0.2) is 44.3 Å². The number of rotatable bonds is 7.